The highest BCUT2D eigenvalue weighted by molar-refractivity contribution is 14.0. The number of halogens is 1. The molecule has 130 valence electrons. The van der Waals surface area contributed by atoms with E-state index in [2.05, 4.69) is 69.7 Å². The van der Waals surface area contributed by atoms with Crippen LogP contribution in [0.3, 0.4) is 0 Å². The highest BCUT2D eigenvalue weighted by Crippen LogP contribution is 2.46. The van der Waals surface area contributed by atoms with Gasteiger partial charge in [0.05, 0.1) is 0 Å². The second kappa shape index (κ2) is 9.42. The first-order valence-corrected chi connectivity index (χ1v) is 9.23. The topological polar surface area (TPSA) is 36.4 Å². The van der Waals surface area contributed by atoms with Crippen LogP contribution in [-0.4, -0.2) is 26.1 Å². The van der Waals surface area contributed by atoms with Crippen LogP contribution >= 0.6 is 35.3 Å². The molecular weight excluding hydrogens is 429 g/mol. The molecule has 0 radical (unpaired) electrons. The molecule has 0 aliphatic heterocycles. The molecule has 3 unspecified atom stereocenters. The average molecular weight is 455 g/mol. The molecule has 5 heteroatoms. The summed E-state index contributed by atoms with van der Waals surface area (Å²) in [5.41, 5.74) is 2.86. The van der Waals surface area contributed by atoms with E-state index in [0.717, 1.165) is 25.0 Å². The maximum absolute atomic E-state index is 4.34. The van der Waals surface area contributed by atoms with Crippen molar-refractivity contribution in [3.8, 4) is 0 Å². The Morgan fingerprint density at radius 3 is 2.71 bits per heavy atom. The van der Waals surface area contributed by atoms with Gasteiger partial charge in [-0.25, -0.2) is 0 Å². The van der Waals surface area contributed by atoms with E-state index in [1.165, 1.54) is 17.5 Å². The zero-order valence-electron chi connectivity index (χ0n) is 14.2. The van der Waals surface area contributed by atoms with Crippen molar-refractivity contribution in [2.24, 2.45) is 10.9 Å². The average Bonchev–Trinajstić information content (AvgIpc) is 3.16. The molecule has 1 aromatic carbocycles. The number of guanidine groups is 1. The maximum atomic E-state index is 4.34. The molecule has 1 aliphatic rings. The van der Waals surface area contributed by atoms with Crippen molar-refractivity contribution < 1.29 is 0 Å². The zero-order valence-corrected chi connectivity index (χ0v) is 17.4. The van der Waals surface area contributed by atoms with Gasteiger partial charge >= 0.3 is 0 Å². The standard InChI is InChI=1S/C19H25N3S.HI/c1-14(16-8-9-23-13-16)11-21-19(20-2)22-12-17-10-18(17)15-6-4-3-5-7-15;/h3-9,13-14,17-18H,10-12H2,1-2H3,(H2,20,21,22);1H. The lowest BCUT2D eigenvalue weighted by Crippen LogP contribution is -2.40. The fourth-order valence-corrected chi connectivity index (χ4v) is 3.74. The second-order valence-corrected chi connectivity index (χ2v) is 7.08. The summed E-state index contributed by atoms with van der Waals surface area (Å²) in [6.45, 7) is 4.14. The molecule has 0 saturated heterocycles. The molecule has 0 bridgehead atoms. The number of aliphatic imine (C=N–C) groups is 1. The minimum atomic E-state index is 0. The first kappa shape index (κ1) is 19.2. The third-order valence-corrected chi connectivity index (χ3v) is 5.29. The molecule has 0 amide bonds. The van der Waals surface area contributed by atoms with Crippen molar-refractivity contribution in [2.75, 3.05) is 20.1 Å². The number of nitrogens with one attached hydrogen (secondary N) is 2. The van der Waals surface area contributed by atoms with E-state index >= 15 is 0 Å². The molecular formula is C19H26IN3S. The van der Waals surface area contributed by atoms with Gasteiger partial charge in [-0.2, -0.15) is 11.3 Å². The van der Waals surface area contributed by atoms with Crippen LogP contribution in [0.2, 0.25) is 0 Å². The minimum Gasteiger partial charge on any atom is -0.356 e. The van der Waals surface area contributed by atoms with E-state index in [-0.39, 0.29) is 24.0 Å². The van der Waals surface area contributed by atoms with E-state index in [9.17, 15) is 0 Å². The SMILES string of the molecule is CN=C(NCC(C)c1ccsc1)NCC1CC1c1ccccc1.I. The highest BCUT2D eigenvalue weighted by atomic mass is 127. The van der Waals surface area contributed by atoms with Gasteiger partial charge in [-0.3, -0.25) is 4.99 Å². The first-order valence-electron chi connectivity index (χ1n) is 8.29. The quantitative estimate of drug-likeness (QED) is 0.384. The van der Waals surface area contributed by atoms with Crippen LogP contribution < -0.4 is 10.6 Å². The maximum Gasteiger partial charge on any atom is 0.191 e. The van der Waals surface area contributed by atoms with E-state index in [1.54, 1.807) is 11.3 Å². The Kier molecular flexibility index (Phi) is 7.55. The van der Waals surface area contributed by atoms with Gasteiger partial charge in [0.15, 0.2) is 5.96 Å². The van der Waals surface area contributed by atoms with E-state index in [1.807, 2.05) is 7.05 Å². The van der Waals surface area contributed by atoms with Gasteiger partial charge in [-0.15, -0.1) is 24.0 Å². The summed E-state index contributed by atoms with van der Waals surface area (Å²) in [6, 6.07) is 13.0. The third kappa shape index (κ3) is 5.21. The number of nitrogens with zero attached hydrogens (tertiary/aromatic N) is 1. The number of hydrogen-bond donors (Lipinski definition) is 2. The van der Waals surface area contributed by atoms with E-state index < -0.39 is 0 Å². The summed E-state index contributed by atoms with van der Waals surface area (Å²) < 4.78 is 0. The Morgan fingerprint density at radius 2 is 2.04 bits per heavy atom. The van der Waals surface area contributed by atoms with Crippen molar-refractivity contribution in [2.45, 2.75) is 25.2 Å². The number of thiophene rings is 1. The lowest BCUT2D eigenvalue weighted by atomic mass is 10.1. The summed E-state index contributed by atoms with van der Waals surface area (Å²) in [5, 5.41) is 11.3. The fourth-order valence-electron chi connectivity index (χ4n) is 2.95. The van der Waals surface area contributed by atoms with Crippen molar-refractivity contribution >= 4 is 41.3 Å². The number of benzene rings is 1. The summed E-state index contributed by atoms with van der Waals surface area (Å²) in [5.74, 6) is 2.85. The fraction of sp³-hybridized carbons (Fsp3) is 0.421. The van der Waals surface area contributed by atoms with Crippen molar-refractivity contribution in [1.29, 1.82) is 0 Å². The first-order chi connectivity index (χ1) is 11.3. The normalized spacial score (nSPS) is 20.8. The van der Waals surface area contributed by atoms with E-state index in [4.69, 9.17) is 0 Å². The van der Waals surface area contributed by atoms with Crippen LogP contribution in [-0.2, 0) is 0 Å². The predicted octanol–water partition coefficient (Wildman–Crippen LogP) is 4.44. The minimum absolute atomic E-state index is 0. The van der Waals surface area contributed by atoms with Gasteiger partial charge in [0, 0.05) is 20.1 Å². The Morgan fingerprint density at radius 1 is 1.25 bits per heavy atom. The Labute approximate surface area is 166 Å². The lowest BCUT2D eigenvalue weighted by Gasteiger charge is -2.15. The van der Waals surface area contributed by atoms with Gasteiger partial charge < -0.3 is 10.6 Å². The summed E-state index contributed by atoms with van der Waals surface area (Å²) in [6.07, 6.45) is 1.28. The number of hydrogen-bond acceptors (Lipinski definition) is 2. The summed E-state index contributed by atoms with van der Waals surface area (Å²) in [7, 11) is 1.84. The van der Waals surface area contributed by atoms with Crippen LogP contribution in [0.5, 0.6) is 0 Å². The van der Waals surface area contributed by atoms with Crippen LogP contribution in [0.4, 0.5) is 0 Å². The molecule has 3 rings (SSSR count). The van der Waals surface area contributed by atoms with Crippen LogP contribution in [0, 0.1) is 5.92 Å². The predicted molar refractivity (Wildman–Crippen MR) is 115 cm³/mol. The Hall–Kier alpha value is -1.08. The molecule has 1 heterocycles. The lowest BCUT2D eigenvalue weighted by molar-refractivity contribution is 0.681. The van der Waals surface area contributed by atoms with Crippen molar-refractivity contribution in [3.63, 3.8) is 0 Å². The van der Waals surface area contributed by atoms with Crippen LogP contribution in [0.1, 0.15) is 36.3 Å². The van der Waals surface area contributed by atoms with Gasteiger partial charge in [-0.1, -0.05) is 37.3 Å². The molecule has 0 spiro atoms. The monoisotopic (exact) mass is 455 g/mol. The largest absolute Gasteiger partial charge is 0.356 e. The van der Waals surface area contributed by atoms with Crippen LogP contribution in [0.15, 0.2) is 52.2 Å². The van der Waals surface area contributed by atoms with Crippen molar-refractivity contribution in [1.82, 2.24) is 10.6 Å². The summed E-state index contributed by atoms with van der Waals surface area (Å²) >= 11 is 1.75. The van der Waals surface area contributed by atoms with Crippen LogP contribution in [0.25, 0.3) is 0 Å². The molecule has 1 aliphatic carbocycles. The summed E-state index contributed by atoms with van der Waals surface area (Å²) in [4.78, 5) is 4.34. The molecule has 2 aromatic rings. The van der Waals surface area contributed by atoms with Gasteiger partial charge in [0.2, 0.25) is 0 Å². The van der Waals surface area contributed by atoms with Crippen molar-refractivity contribution in [3.05, 3.63) is 58.3 Å². The number of rotatable bonds is 6. The molecule has 1 saturated carbocycles. The molecule has 1 fully saturated rings. The molecule has 3 nitrogen and oxygen atoms in total. The second-order valence-electron chi connectivity index (χ2n) is 6.30. The Balaban J connectivity index is 0.00000208. The molecule has 1 aromatic heterocycles. The van der Waals surface area contributed by atoms with Gasteiger partial charge in [-0.05, 0) is 52.1 Å². The highest BCUT2D eigenvalue weighted by Gasteiger charge is 2.37. The smallest absolute Gasteiger partial charge is 0.191 e. The Bertz CT molecular complexity index is 627. The molecule has 3 atom stereocenters. The third-order valence-electron chi connectivity index (χ3n) is 4.59. The molecule has 2 N–H and O–H groups in total. The van der Waals surface area contributed by atoms with Gasteiger partial charge in [0.1, 0.15) is 0 Å². The zero-order chi connectivity index (χ0) is 16.1. The molecule has 24 heavy (non-hydrogen) atoms. The van der Waals surface area contributed by atoms with Gasteiger partial charge in [0.25, 0.3) is 0 Å². The van der Waals surface area contributed by atoms with E-state index in [0.29, 0.717) is 11.8 Å².